The number of anilines is 1. The minimum absolute atomic E-state index is 0. The molecule has 7 heteroatoms. The standard InChI is InChI=1S/C11H12N2O3S.ClH/c14-11(8-4-17-5-12-8)13-7-1-2-9-10(3-7)16-6-15-9;/h1-3,8,12H,4-6H2,(H,13,14);1H. The number of halogens is 1. The molecule has 18 heavy (non-hydrogen) atoms. The lowest BCUT2D eigenvalue weighted by Crippen LogP contribution is -2.37. The first-order chi connectivity index (χ1) is 8.33. The van der Waals surface area contributed by atoms with Gasteiger partial charge in [-0.2, -0.15) is 0 Å². The van der Waals surface area contributed by atoms with Crippen molar-refractivity contribution in [3.8, 4) is 11.5 Å². The fourth-order valence-electron chi connectivity index (χ4n) is 1.77. The van der Waals surface area contributed by atoms with E-state index in [1.54, 1.807) is 23.9 Å². The lowest BCUT2D eigenvalue weighted by Gasteiger charge is -2.10. The smallest absolute Gasteiger partial charge is 0.242 e. The SMILES string of the molecule is Cl.O=C(Nc1ccc2c(c1)OCO2)C1CSCN1. The summed E-state index contributed by atoms with van der Waals surface area (Å²) >= 11 is 1.72. The molecule has 2 aliphatic heterocycles. The number of ether oxygens (including phenoxy) is 2. The molecular weight excluding hydrogens is 276 g/mol. The zero-order chi connectivity index (χ0) is 11.7. The summed E-state index contributed by atoms with van der Waals surface area (Å²) in [6.07, 6.45) is 0. The van der Waals surface area contributed by atoms with Gasteiger partial charge in [-0.05, 0) is 12.1 Å². The lowest BCUT2D eigenvalue weighted by molar-refractivity contribution is -0.117. The number of carbonyl (C=O) groups is 1. The molecule has 1 atom stereocenters. The Kier molecular flexibility index (Phi) is 4.21. The molecule has 1 aromatic rings. The molecule has 2 N–H and O–H groups in total. The molecule has 0 aromatic heterocycles. The molecule has 1 aromatic carbocycles. The van der Waals surface area contributed by atoms with Crippen molar-refractivity contribution in [1.82, 2.24) is 5.32 Å². The van der Waals surface area contributed by atoms with Gasteiger partial charge in [0.2, 0.25) is 12.7 Å². The molecule has 5 nitrogen and oxygen atoms in total. The van der Waals surface area contributed by atoms with Crippen molar-refractivity contribution in [2.75, 3.05) is 23.7 Å². The molecular formula is C11H13ClN2O3S. The van der Waals surface area contributed by atoms with Crippen LogP contribution in [0.1, 0.15) is 0 Å². The van der Waals surface area contributed by atoms with Crippen LogP contribution < -0.4 is 20.1 Å². The monoisotopic (exact) mass is 288 g/mol. The van der Waals surface area contributed by atoms with Crippen LogP contribution in [0.5, 0.6) is 11.5 Å². The first kappa shape index (κ1) is 13.3. The van der Waals surface area contributed by atoms with Crippen LogP contribution in [0.4, 0.5) is 5.69 Å². The molecule has 0 spiro atoms. The van der Waals surface area contributed by atoms with Crippen molar-refractivity contribution in [3.05, 3.63) is 18.2 Å². The summed E-state index contributed by atoms with van der Waals surface area (Å²) in [7, 11) is 0. The number of thioether (sulfide) groups is 1. The highest BCUT2D eigenvalue weighted by atomic mass is 35.5. The minimum Gasteiger partial charge on any atom is -0.454 e. The first-order valence-electron chi connectivity index (χ1n) is 5.34. The van der Waals surface area contributed by atoms with Crippen LogP contribution in [0.2, 0.25) is 0 Å². The summed E-state index contributed by atoms with van der Waals surface area (Å²) in [5.74, 6) is 3.04. The van der Waals surface area contributed by atoms with Gasteiger partial charge in [0.05, 0.1) is 6.04 Å². The van der Waals surface area contributed by atoms with E-state index in [9.17, 15) is 4.79 Å². The summed E-state index contributed by atoms with van der Waals surface area (Å²) in [6, 6.07) is 5.29. The second-order valence-electron chi connectivity index (χ2n) is 3.83. The largest absolute Gasteiger partial charge is 0.454 e. The Morgan fingerprint density at radius 2 is 2.22 bits per heavy atom. The van der Waals surface area contributed by atoms with E-state index in [4.69, 9.17) is 9.47 Å². The second kappa shape index (κ2) is 5.69. The number of nitrogens with one attached hydrogen (secondary N) is 2. The predicted molar refractivity (Wildman–Crippen MR) is 72.7 cm³/mol. The summed E-state index contributed by atoms with van der Waals surface area (Å²) in [5, 5.41) is 5.99. The van der Waals surface area contributed by atoms with Crippen LogP contribution in [-0.4, -0.2) is 30.4 Å². The van der Waals surface area contributed by atoms with E-state index >= 15 is 0 Å². The molecule has 2 heterocycles. The average molecular weight is 289 g/mol. The maximum absolute atomic E-state index is 11.9. The number of fused-ring (bicyclic) bond motifs is 1. The summed E-state index contributed by atoms with van der Waals surface area (Å²) in [6.45, 7) is 0.244. The highest BCUT2D eigenvalue weighted by Gasteiger charge is 2.23. The highest BCUT2D eigenvalue weighted by Crippen LogP contribution is 2.34. The molecule has 3 rings (SSSR count). The maximum Gasteiger partial charge on any atom is 0.242 e. The van der Waals surface area contributed by atoms with Crippen LogP contribution in [0.25, 0.3) is 0 Å². The summed E-state index contributed by atoms with van der Waals surface area (Å²) < 4.78 is 10.5. The predicted octanol–water partition coefficient (Wildman–Crippen LogP) is 1.44. The van der Waals surface area contributed by atoms with Gasteiger partial charge in [-0.25, -0.2) is 0 Å². The Morgan fingerprint density at radius 1 is 1.39 bits per heavy atom. The van der Waals surface area contributed by atoms with E-state index in [1.165, 1.54) is 0 Å². The molecule has 1 unspecified atom stereocenters. The van der Waals surface area contributed by atoms with Gasteiger partial charge in [-0.15, -0.1) is 24.2 Å². The van der Waals surface area contributed by atoms with E-state index in [0.29, 0.717) is 5.75 Å². The molecule has 1 fully saturated rings. The Bertz CT molecular complexity index is 452. The van der Waals surface area contributed by atoms with Crippen molar-refractivity contribution < 1.29 is 14.3 Å². The third-order valence-electron chi connectivity index (χ3n) is 2.67. The Hall–Kier alpha value is -1.11. The van der Waals surface area contributed by atoms with Gasteiger partial charge in [0, 0.05) is 23.4 Å². The quantitative estimate of drug-likeness (QED) is 0.862. The number of carbonyl (C=O) groups excluding carboxylic acids is 1. The first-order valence-corrected chi connectivity index (χ1v) is 6.50. The van der Waals surface area contributed by atoms with E-state index in [2.05, 4.69) is 10.6 Å². The van der Waals surface area contributed by atoms with E-state index in [0.717, 1.165) is 23.1 Å². The lowest BCUT2D eigenvalue weighted by atomic mass is 10.2. The molecule has 0 aliphatic carbocycles. The normalized spacial score (nSPS) is 20.3. The summed E-state index contributed by atoms with van der Waals surface area (Å²) in [5.41, 5.74) is 0.734. The van der Waals surface area contributed by atoms with E-state index in [-0.39, 0.29) is 31.1 Å². The maximum atomic E-state index is 11.9. The van der Waals surface area contributed by atoms with Crippen LogP contribution in [0.15, 0.2) is 18.2 Å². The van der Waals surface area contributed by atoms with Crippen molar-refractivity contribution in [1.29, 1.82) is 0 Å². The van der Waals surface area contributed by atoms with Gasteiger partial charge < -0.3 is 14.8 Å². The van der Waals surface area contributed by atoms with Gasteiger partial charge in [0.1, 0.15) is 0 Å². The van der Waals surface area contributed by atoms with Gasteiger partial charge in [-0.3, -0.25) is 10.1 Å². The Morgan fingerprint density at radius 3 is 3.00 bits per heavy atom. The number of hydrogen-bond donors (Lipinski definition) is 2. The number of benzene rings is 1. The van der Waals surface area contributed by atoms with Crippen molar-refractivity contribution in [2.45, 2.75) is 6.04 Å². The molecule has 0 bridgehead atoms. The molecule has 1 saturated heterocycles. The molecule has 0 saturated carbocycles. The van der Waals surface area contributed by atoms with Crippen LogP contribution in [0, 0.1) is 0 Å². The third-order valence-corrected chi connectivity index (χ3v) is 3.61. The van der Waals surface area contributed by atoms with Crippen LogP contribution in [-0.2, 0) is 4.79 Å². The minimum atomic E-state index is -0.106. The zero-order valence-corrected chi connectivity index (χ0v) is 11.1. The Balaban J connectivity index is 0.00000120. The van der Waals surface area contributed by atoms with Crippen LogP contribution >= 0.6 is 24.2 Å². The van der Waals surface area contributed by atoms with Gasteiger partial charge in [-0.1, -0.05) is 0 Å². The van der Waals surface area contributed by atoms with Gasteiger partial charge >= 0.3 is 0 Å². The fraction of sp³-hybridized carbons (Fsp3) is 0.364. The van der Waals surface area contributed by atoms with Crippen molar-refractivity contribution in [2.24, 2.45) is 0 Å². The van der Waals surface area contributed by atoms with Crippen molar-refractivity contribution >= 4 is 35.8 Å². The molecule has 0 radical (unpaired) electrons. The molecule has 98 valence electrons. The molecule has 2 aliphatic rings. The van der Waals surface area contributed by atoms with Crippen LogP contribution in [0.3, 0.4) is 0 Å². The van der Waals surface area contributed by atoms with Crippen molar-refractivity contribution in [3.63, 3.8) is 0 Å². The number of rotatable bonds is 2. The number of amides is 1. The van der Waals surface area contributed by atoms with E-state index in [1.807, 2.05) is 6.07 Å². The van der Waals surface area contributed by atoms with Gasteiger partial charge in [0.15, 0.2) is 11.5 Å². The fourth-order valence-corrected chi connectivity index (χ4v) is 2.71. The average Bonchev–Trinajstić information content (AvgIpc) is 2.99. The van der Waals surface area contributed by atoms with E-state index < -0.39 is 0 Å². The topological polar surface area (TPSA) is 59.6 Å². The Labute approximate surface area is 115 Å². The number of hydrogen-bond acceptors (Lipinski definition) is 5. The molecule has 1 amide bonds. The second-order valence-corrected chi connectivity index (χ2v) is 4.86. The van der Waals surface area contributed by atoms with Gasteiger partial charge in [0.25, 0.3) is 0 Å². The highest BCUT2D eigenvalue weighted by molar-refractivity contribution is 7.99. The summed E-state index contributed by atoms with van der Waals surface area (Å²) in [4.78, 5) is 11.9. The third kappa shape index (κ3) is 2.66. The zero-order valence-electron chi connectivity index (χ0n) is 9.47.